The molecule has 0 radical (unpaired) electrons. The van der Waals surface area contributed by atoms with Crippen LogP contribution in [-0.2, 0) is 0 Å². The van der Waals surface area contributed by atoms with E-state index in [9.17, 15) is 4.39 Å². The average molecular weight is 222 g/mol. The summed E-state index contributed by atoms with van der Waals surface area (Å²) in [6.07, 6.45) is 1.76. The fourth-order valence-corrected chi connectivity index (χ4v) is 1.72. The summed E-state index contributed by atoms with van der Waals surface area (Å²) in [4.78, 5) is 2.33. The first kappa shape index (κ1) is 9.20. The Bertz CT molecular complexity index is 153. The smallest absolute Gasteiger partial charge is 0.164 e. The average Bonchev–Trinajstić information content (AvgIpc) is 2.05. The first-order valence-corrected chi connectivity index (χ1v) is 4.78. The third-order valence-corrected chi connectivity index (χ3v) is 2.73. The normalized spacial score (nSPS) is 20.5. The van der Waals surface area contributed by atoms with Crippen molar-refractivity contribution >= 4 is 15.9 Å². The molecule has 0 amide bonds. The van der Waals surface area contributed by atoms with E-state index in [-0.39, 0.29) is 4.74 Å². The van der Waals surface area contributed by atoms with Crippen LogP contribution in [0.2, 0.25) is 0 Å². The van der Waals surface area contributed by atoms with E-state index >= 15 is 0 Å². The molecule has 0 aromatic rings. The lowest BCUT2D eigenvalue weighted by atomic mass is 10.1. The molecule has 3 heteroatoms. The van der Waals surface area contributed by atoms with Crippen molar-refractivity contribution in [1.29, 1.82) is 0 Å². The van der Waals surface area contributed by atoms with Gasteiger partial charge in [0.2, 0.25) is 0 Å². The molecule has 1 aliphatic heterocycles. The number of hydrogen-bond donors (Lipinski definition) is 0. The molecule has 0 aromatic carbocycles. The van der Waals surface area contributed by atoms with Crippen LogP contribution in [0.25, 0.3) is 0 Å². The summed E-state index contributed by atoms with van der Waals surface area (Å²) in [5.41, 5.74) is 0.940. The molecule has 0 spiro atoms. The van der Waals surface area contributed by atoms with Gasteiger partial charge in [-0.2, -0.15) is 4.39 Å². The van der Waals surface area contributed by atoms with Crippen LogP contribution in [0.15, 0.2) is 10.3 Å². The minimum atomic E-state index is -0.145. The lowest BCUT2D eigenvalue weighted by Crippen LogP contribution is -2.30. The number of halogens is 2. The summed E-state index contributed by atoms with van der Waals surface area (Å²) >= 11 is 2.87. The fraction of sp³-hybridized carbons (Fsp3) is 0.750. The molecule has 11 heavy (non-hydrogen) atoms. The minimum Gasteiger partial charge on any atom is -0.303 e. The highest BCUT2D eigenvalue weighted by atomic mass is 79.9. The topological polar surface area (TPSA) is 3.24 Å². The SMILES string of the molecule is CCN1CCC(=C(F)Br)CC1. The Hall–Kier alpha value is 0.110. The highest BCUT2D eigenvalue weighted by molar-refractivity contribution is 9.11. The third-order valence-electron chi connectivity index (χ3n) is 2.17. The summed E-state index contributed by atoms with van der Waals surface area (Å²) in [5, 5.41) is 0. The Morgan fingerprint density at radius 1 is 1.55 bits per heavy atom. The Kier molecular flexibility index (Phi) is 3.52. The second-order valence-electron chi connectivity index (χ2n) is 2.80. The van der Waals surface area contributed by atoms with Gasteiger partial charge in [0.05, 0.1) is 0 Å². The lowest BCUT2D eigenvalue weighted by molar-refractivity contribution is 0.268. The number of rotatable bonds is 1. The standard InChI is InChI=1S/C8H13BrFN/c1-2-11-5-3-7(4-6-11)8(9)10/h2-6H2,1H3. The number of piperidine rings is 1. The molecule has 0 saturated carbocycles. The fourth-order valence-electron chi connectivity index (χ4n) is 1.33. The summed E-state index contributed by atoms with van der Waals surface area (Å²) in [5.74, 6) is 0. The molecule has 0 atom stereocenters. The number of hydrogen-bond acceptors (Lipinski definition) is 1. The first-order valence-electron chi connectivity index (χ1n) is 3.99. The molecule has 0 bridgehead atoms. The van der Waals surface area contributed by atoms with Gasteiger partial charge in [-0.05, 0) is 40.9 Å². The van der Waals surface area contributed by atoms with Crippen molar-refractivity contribution < 1.29 is 4.39 Å². The molecule has 1 rings (SSSR count). The molecular formula is C8H13BrFN. The molecule has 0 aromatic heterocycles. The van der Waals surface area contributed by atoms with E-state index in [1.165, 1.54) is 0 Å². The quantitative estimate of drug-likeness (QED) is 0.659. The Morgan fingerprint density at radius 2 is 2.09 bits per heavy atom. The van der Waals surface area contributed by atoms with Gasteiger partial charge in [0, 0.05) is 13.1 Å². The molecule has 0 aliphatic carbocycles. The van der Waals surface area contributed by atoms with Crippen molar-refractivity contribution in [3.8, 4) is 0 Å². The molecule has 1 saturated heterocycles. The zero-order valence-corrected chi connectivity index (χ0v) is 8.32. The maximum atomic E-state index is 12.6. The molecule has 0 N–H and O–H groups in total. The van der Waals surface area contributed by atoms with Gasteiger partial charge in [0.1, 0.15) is 0 Å². The summed E-state index contributed by atoms with van der Waals surface area (Å²) in [7, 11) is 0. The summed E-state index contributed by atoms with van der Waals surface area (Å²) in [6, 6.07) is 0. The Balaban J connectivity index is 2.42. The van der Waals surface area contributed by atoms with Crippen LogP contribution >= 0.6 is 15.9 Å². The van der Waals surface area contributed by atoms with E-state index in [1.807, 2.05) is 0 Å². The molecular weight excluding hydrogens is 209 g/mol. The first-order chi connectivity index (χ1) is 5.24. The van der Waals surface area contributed by atoms with Crippen molar-refractivity contribution in [2.45, 2.75) is 19.8 Å². The van der Waals surface area contributed by atoms with E-state index in [0.29, 0.717) is 0 Å². The predicted molar refractivity (Wildman–Crippen MR) is 48.4 cm³/mol. The van der Waals surface area contributed by atoms with Crippen LogP contribution in [0.4, 0.5) is 4.39 Å². The van der Waals surface area contributed by atoms with E-state index in [1.54, 1.807) is 0 Å². The van der Waals surface area contributed by atoms with Gasteiger partial charge in [0.15, 0.2) is 4.74 Å². The van der Waals surface area contributed by atoms with Crippen molar-refractivity contribution in [2.24, 2.45) is 0 Å². The van der Waals surface area contributed by atoms with Crippen LogP contribution in [0.3, 0.4) is 0 Å². The van der Waals surface area contributed by atoms with E-state index < -0.39 is 0 Å². The van der Waals surface area contributed by atoms with Gasteiger partial charge in [0.25, 0.3) is 0 Å². The molecule has 1 heterocycles. The second-order valence-corrected chi connectivity index (χ2v) is 3.49. The van der Waals surface area contributed by atoms with Crippen LogP contribution in [0.5, 0.6) is 0 Å². The van der Waals surface area contributed by atoms with Gasteiger partial charge in [-0.3, -0.25) is 0 Å². The van der Waals surface area contributed by atoms with Crippen molar-refractivity contribution in [1.82, 2.24) is 4.90 Å². The maximum absolute atomic E-state index is 12.6. The zero-order valence-electron chi connectivity index (χ0n) is 6.74. The largest absolute Gasteiger partial charge is 0.303 e. The van der Waals surface area contributed by atoms with E-state index in [0.717, 1.165) is 38.0 Å². The monoisotopic (exact) mass is 221 g/mol. The molecule has 0 unspecified atom stereocenters. The van der Waals surface area contributed by atoms with E-state index in [4.69, 9.17) is 0 Å². The summed E-state index contributed by atoms with van der Waals surface area (Å²) < 4.78 is 12.5. The van der Waals surface area contributed by atoms with Crippen LogP contribution < -0.4 is 0 Å². The van der Waals surface area contributed by atoms with Gasteiger partial charge in [-0.25, -0.2) is 0 Å². The number of likely N-dealkylation sites (tertiary alicyclic amines) is 1. The molecule has 1 nitrogen and oxygen atoms in total. The van der Waals surface area contributed by atoms with Gasteiger partial charge in [-0.15, -0.1) is 0 Å². The zero-order chi connectivity index (χ0) is 8.27. The highest BCUT2D eigenvalue weighted by Gasteiger charge is 2.14. The van der Waals surface area contributed by atoms with E-state index in [2.05, 4.69) is 27.8 Å². The van der Waals surface area contributed by atoms with Crippen LogP contribution in [0.1, 0.15) is 19.8 Å². The Labute approximate surface area is 75.4 Å². The van der Waals surface area contributed by atoms with Gasteiger partial charge >= 0.3 is 0 Å². The molecule has 1 aliphatic rings. The molecule has 64 valence electrons. The van der Waals surface area contributed by atoms with Gasteiger partial charge < -0.3 is 4.90 Å². The second kappa shape index (κ2) is 4.21. The summed E-state index contributed by atoms with van der Waals surface area (Å²) in [6.45, 7) is 5.23. The number of nitrogens with zero attached hydrogens (tertiary/aromatic N) is 1. The minimum absolute atomic E-state index is 0.145. The van der Waals surface area contributed by atoms with Gasteiger partial charge in [-0.1, -0.05) is 6.92 Å². The third kappa shape index (κ3) is 2.56. The van der Waals surface area contributed by atoms with Crippen molar-refractivity contribution in [3.05, 3.63) is 10.3 Å². The van der Waals surface area contributed by atoms with Crippen molar-refractivity contribution in [3.63, 3.8) is 0 Å². The van der Waals surface area contributed by atoms with Crippen LogP contribution in [0, 0.1) is 0 Å². The van der Waals surface area contributed by atoms with Crippen LogP contribution in [-0.4, -0.2) is 24.5 Å². The Morgan fingerprint density at radius 3 is 2.45 bits per heavy atom. The highest BCUT2D eigenvalue weighted by Crippen LogP contribution is 2.23. The predicted octanol–water partition coefficient (Wildman–Crippen LogP) is 2.68. The molecule has 1 fully saturated rings. The maximum Gasteiger partial charge on any atom is 0.164 e. The lowest BCUT2D eigenvalue weighted by Gasteiger charge is -2.26. The van der Waals surface area contributed by atoms with Crippen molar-refractivity contribution in [2.75, 3.05) is 19.6 Å².